The predicted octanol–water partition coefficient (Wildman–Crippen LogP) is 1.70. The molecule has 0 radical (unpaired) electrons. The summed E-state index contributed by atoms with van der Waals surface area (Å²) in [6.45, 7) is 0. The van der Waals surface area contributed by atoms with E-state index in [-0.39, 0.29) is 0 Å². The van der Waals surface area contributed by atoms with Crippen molar-refractivity contribution in [3.05, 3.63) is 40.8 Å². The zero-order chi connectivity index (χ0) is 8.53. The van der Waals surface area contributed by atoms with Crippen LogP contribution in [0, 0.1) is 16.2 Å². The Labute approximate surface area is 63.6 Å². The molecule has 0 atom stereocenters. The summed E-state index contributed by atoms with van der Waals surface area (Å²) in [4.78, 5) is 8.11. The van der Waals surface area contributed by atoms with Crippen molar-refractivity contribution in [3.8, 4) is 6.07 Å². The van der Waals surface area contributed by atoms with Gasteiger partial charge in [-0.15, -0.1) is 4.91 Å². The summed E-state index contributed by atoms with van der Waals surface area (Å²) >= 11 is 0. The Balaban J connectivity index is 0.000000292. The second-order valence-electron chi connectivity index (χ2n) is 1.56. The van der Waals surface area contributed by atoms with Crippen molar-refractivity contribution in [2.75, 3.05) is 0 Å². The third-order valence-corrected chi connectivity index (χ3v) is 0.903. The first-order valence-corrected chi connectivity index (χ1v) is 2.77. The van der Waals surface area contributed by atoms with Crippen LogP contribution in [0.15, 0.2) is 35.7 Å². The monoisotopic (exact) mass is 150 g/mol. The van der Waals surface area contributed by atoms with E-state index in [0.717, 1.165) is 0 Å². The molecule has 1 N–H and O–H groups in total. The summed E-state index contributed by atoms with van der Waals surface area (Å²) in [7, 11) is 0. The van der Waals surface area contributed by atoms with Crippen molar-refractivity contribution in [3.63, 3.8) is 0 Å². The van der Waals surface area contributed by atoms with E-state index in [9.17, 15) is 0 Å². The molecule has 0 spiro atoms. The molecule has 0 bridgehead atoms. The van der Waals surface area contributed by atoms with E-state index in [1.807, 2.05) is 24.3 Å². The van der Waals surface area contributed by atoms with Gasteiger partial charge in [-0.1, -0.05) is 18.2 Å². The van der Waals surface area contributed by atoms with E-state index in [1.165, 1.54) is 5.34 Å². The van der Waals surface area contributed by atoms with Gasteiger partial charge in [-0.3, -0.25) is 0 Å². The molecule has 0 unspecified atom stereocenters. The molecular formula is C7H6N2O2. The van der Waals surface area contributed by atoms with Crippen LogP contribution in [-0.2, 0) is 0 Å². The minimum Gasteiger partial charge on any atom is -0.379 e. The topological polar surface area (TPSA) is 73.5 Å². The number of rotatable bonds is 0. The number of benzene rings is 1. The van der Waals surface area contributed by atoms with Crippen molar-refractivity contribution in [1.29, 1.82) is 5.26 Å². The van der Waals surface area contributed by atoms with Gasteiger partial charge in [-0.2, -0.15) is 5.26 Å². The van der Waals surface area contributed by atoms with Gasteiger partial charge in [0.2, 0.25) is 0 Å². The number of hydrogen-bond donors (Lipinski definition) is 1. The summed E-state index contributed by atoms with van der Waals surface area (Å²) in [6.07, 6.45) is 0. The lowest BCUT2D eigenvalue weighted by Crippen LogP contribution is -1.66. The molecule has 0 aliphatic carbocycles. The van der Waals surface area contributed by atoms with E-state index in [4.69, 9.17) is 15.4 Å². The SMILES string of the molecule is N#Cc1ccccc1.O=NO. The summed E-state index contributed by atoms with van der Waals surface area (Å²) in [5.74, 6) is 0. The fraction of sp³-hybridized carbons (Fsp3) is 0. The Bertz CT molecular complexity index is 240. The average Bonchev–Trinajstić information content (AvgIpc) is 2.08. The van der Waals surface area contributed by atoms with Crippen LogP contribution in [0.25, 0.3) is 0 Å². The Hall–Kier alpha value is -1.89. The van der Waals surface area contributed by atoms with E-state index in [2.05, 4.69) is 0 Å². The zero-order valence-electron chi connectivity index (χ0n) is 5.64. The summed E-state index contributed by atoms with van der Waals surface area (Å²) in [6, 6.07) is 11.2. The maximum absolute atomic E-state index is 8.29. The maximum atomic E-state index is 8.29. The van der Waals surface area contributed by atoms with Crippen LogP contribution in [0.5, 0.6) is 0 Å². The van der Waals surface area contributed by atoms with Crippen molar-refractivity contribution >= 4 is 0 Å². The molecule has 0 saturated carbocycles. The third kappa shape index (κ3) is 4.60. The molecule has 1 aromatic rings. The minimum atomic E-state index is 0.715. The van der Waals surface area contributed by atoms with Crippen LogP contribution in [0.2, 0.25) is 0 Å². The standard InChI is InChI=1S/C7H5N.HNO2/c8-6-7-4-2-1-3-5-7;2-1-3/h1-5H;(H,2,3). The third-order valence-electron chi connectivity index (χ3n) is 0.903. The molecule has 56 valence electrons. The zero-order valence-corrected chi connectivity index (χ0v) is 5.64. The quantitative estimate of drug-likeness (QED) is 0.451. The molecule has 0 aliphatic rings. The van der Waals surface area contributed by atoms with Crippen LogP contribution in [0.3, 0.4) is 0 Å². The minimum absolute atomic E-state index is 0.715. The van der Waals surface area contributed by atoms with Crippen LogP contribution in [-0.4, -0.2) is 5.21 Å². The highest BCUT2D eigenvalue weighted by Crippen LogP contribution is 1.92. The molecule has 4 heteroatoms. The Morgan fingerprint density at radius 1 is 1.36 bits per heavy atom. The van der Waals surface area contributed by atoms with Gasteiger partial charge in [0.25, 0.3) is 0 Å². The molecule has 4 nitrogen and oxygen atoms in total. The molecule has 1 rings (SSSR count). The van der Waals surface area contributed by atoms with Crippen LogP contribution in [0.4, 0.5) is 0 Å². The molecule has 0 aromatic heterocycles. The van der Waals surface area contributed by atoms with Crippen molar-refractivity contribution < 1.29 is 5.21 Å². The molecule has 0 aliphatic heterocycles. The average molecular weight is 150 g/mol. The molecule has 0 fully saturated rings. The first kappa shape index (κ1) is 9.11. The Morgan fingerprint density at radius 2 is 1.82 bits per heavy atom. The number of hydrogen-bond acceptors (Lipinski definition) is 3. The normalized spacial score (nSPS) is 6.82. The van der Waals surface area contributed by atoms with Gasteiger partial charge in [-0.05, 0) is 12.1 Å². The van der Waals surface area contributed by atoms with Crippen LogP contribution < -0.4 is 0 Å². The first-order chi connectivity index (χ1) is 5.35. The number of nitrogens with zero attached hydrogens (tertiary/aromatic N) is 2. The van der Waals surface area contributed by atoms with Crippen LogP contribution >= 0.6 is 0 Å². The first-order valence-electron chi connectivity index (χ1n) is 2.77. The van der Waals surface area contributed by atoms with E-state index < -0.39 is 0 Å². The van der Waals surface area contributed by atoms with Gasteiger partial charge in [0, 0.05) is 0 Å². The molecular weight excluding hydrogens is 144 g/mol. The molecule has 0 saturated heterocycles. The van der Waals surface area contributed by atoms with Crippen molar-refractivity contribution in [1.82, 2.24) is 0 Å². The van der Waals surface area contributed by atoms with Crippen LogP contribution in [0.1, 0.15) is 5.56 Å². The summed E-state index contributed by atoms with van der Waals surface area (Å²) in [5.41, 5.74) is 0.715. The highest BCUT2D eigenvalue weighted by molar-refractivity contribution is 5.27. The lowest BCUT2D eigenvalue weighted by Gasteiger charge is -1.80. The highest BCUT2D eigenvalue weighted by atomic mass is 16.6. The van der Waals surface area contributed by atoms with E-state index in [1.54, 1.807) is 12.1 Å². The van der Waals surface area contributed by atoms with Crippen molar-refractivity contribution in [2.45, 2.75) is 0 Å². The smallest absolute Gasteiger partial charge is 0.152 e. The summed E-state index contributed by atoms with van der Waals surface area (Å²) < 4.78 is 0. The molecule has 1 aromatic carbocycles. The Kier molecular flexibility index (Phi) is 5.16. The van der Waals surface area contributed by atoms with Gasteiger partial charge < -0.3 is 5.21 Å². The maximum Gasteiger partial charge on any atom is 0.152 e. The lowest BCUT2D eigenvalue weighted by atomic mass is 10.2. The molecule has 11 heavy (non-hydrogen) atoms. The second-order valence-corrected chi connectivity index (χ2v) is 1.56. The van der Waals surface area contributed by atoms with Crippen molar-refractivity contribution in [2.24, 2.45) is 5.34 Å². The van der Waals surface area contributed by atoms with E-state index in [0.29, 0.717) is 5.56 Å². The Morgan fingerprint density at radius 3 is 2.09 bits per heavy atom. The fourth-order valence-electron chi connectivity index (χ4n) is 0.513. The predicted molar refractivity (Wildman–Crippen MR) is 38.7 cm³/mol. The van der Waals surface area contributed by atoms with Gasteiger partial charge >= 0.3 is 0 Å². The summed E-state index contributed by atoms with van der Waals surface area (Å²) in [5, 5.41) is 16.2. The largest absolute Gasteiger partial charge is 0.379 e. The van der Waals surface area contributed by atoms with Gasteiger partial charge in [-0.25, -0.2) is 0 Å². The van der Waals surface area contributed by atoms with E-state index >= 15 is 0 Å². The molecule has 0 heterocycles. The number of nitriles is 1. The van der Waals surface area contributed by atoms with Gasteiger partial charge in [0.1, 0.15) is 0 Å². The van der Waals surface area contributed by atoms with Gasteiger partial charge in [0.05, 0.1) is 11.6 Å². The highest BCUT2D eigenvalue weighted by Gasteiger charge is 1.79. The second kappa shape index (κ2) is 6.23. The molecule has 0 amide bonds. The fourth-order valence-corrected chi connectivity index (χ4v) is 0.513. The van der Waals surface area contributed by atoms with Gasteiger partial charge in [0.15, 0.2) is 5.34 Å². The lowest BCUT2D eigenvalue weighted by molar-refractivity contribution is 0.312.